The topological polar surface area (TPSA) is 49.7 Å². The highest BCUT2D eigenvalue weighted by Crippen LogP contribution is 2.40. The van der Waals surface area contributed by atoms with Gasteiger partial charge in [0, 0.05) is 30.5 Å². The predicted molar refractivity (Wildman–Crippen MR) is 162 cm³/mol. The van der Waals surface area contributed by atoms with Crippen molar-refractivity contribution in [1.82, 2.24) is 4.57 Å². The molecule has 0 fully saturated rings. The third-order valence-electron chi connectivity index (χ3n) is 7.17. The number of carbonyl (C=O) groups excluding carboxylic acids is 1. The minimum absolute atomic E-state index is 0.0215. The first-order valence-corrected chi connectivity index (χ1v) is 14.3. The van der Waals surface area contributed by atoms with Crippen LogP contribution in [0, 0.1) is 16.7 Å². The van der Waals surface area contributed by atoms with Gasteiger partial charge in [-0.1, -0.05) is 53.7 Å². The Balaban J connectivity index is 1.82. The van der Waals surface area contributed by atoms with E-state index in [0.717, 1.165) is 17.3 Å². The Morgan fingerprint density at radius 3 is 2.02 bits per heavy atom. The molecule has 3 aromatic rings. The second kappa shape index (κ2) is 11.5. The molecule has 42 heavy (non-hydrogen) atoms. The number of halogens is 3. The van der Waals surface area contributed by atoms with Crippen LogP contribution in [-0.2, 0) is 16.6 Å². The number of alkyl halides is 3. The SMILES string of the molecule is Cn1c(-c2ccccc2OC(F)(F)F)cc2ccc(OC(C)(C)CC(C)(C)OC(=O)C(CC(C)(C)C)C(C)(C)C)cc21. The molecule has 232 valence electrons. The molecule has 2 aromatic carbocycles. The van der Waals surface area contributed by atoms with Crippen molar-refractivity contribution in [2.45, 2.75) is 99.6 Å². The fraction of sp³-hybridized carbons (Fsp3) is 0.559. The summed E-state index contributed by atoms with van der Waals surface area (Å²) in [4.78, 5) is 13.4. The van der Waals surface area contributed by atoms with Crippen molar-refractivity contribution in [3.8, 4) is 22.8 Å². The van der Waals surface area contributed by atoms with Gasteiger partial charge in [-0.05, 0) is 75.3 Å². The van der Waals surface area contributed by atoms with Gasteiger partial charge in [0.25, 0.3) is 0 Å². The van der Waals surface area contributed by atoms with E-state index in [-0.39, 0.29) is 28.5 Å². The zero-order chi connectivity index (χ0) is 31.9. The number of aromatic nitrogens is 1. The molecular formula is C34H46F3NO4. The summed E-state index contributed by atoms with van der Waals surface area (Å²) < 4.78 is 57.7. The summed E-state index contributed by atoms with van der Waals surface area (Å²) in [5.41, 5.74) is -0.0350. The maximum Gasteiger partial charge on any atom is 0.573 e. The molecule has 8 heteroatoms. The number of fused-ring (bicyclic) bond motifs is 1. The second-order valence-corrected chi connectivity index (χ2v) is 14.8. The lowest BCUT2D eigenvalue weighted by molar-refractivity contribution is -0.274. The summed E-state index contributed by atoms with van der Waals surface area (Å²) in [5, 5.41) is 0.848. The van der Waals surface area contributed by atoms with E-state index in [9.17, 15) is 18.0 Å². The van der Waals surface area contributed by atoms with Crippen LogP contribution in [0.25, 0.3) is 22.2 Å². The monoisotopic (exact) mass is 589 g/mol. The summed E-state index contributed by atoms with van der Waals surface area (Å²) in [5.74, 6) is -0.115. The van der Waals surface area contributed by atoms with E-state index in [1.165, 1.54) is 12.1 Å². The quantitative estimate of drug-likeness (QED) is 0.233. The Bertz CT molecular complexity index is 1400. The van der Waals surface area contributed by atoms with E-state index >= 15 is 0 Å². The van der Waals surface area contributed by atoms with Crippen molar-refractivity contribution >= 4 is 16.9 Å². The molecule has 1 aromatic heterocycles. The first-order valence-electron chi connectivity index (χ1n) is 14.3. The van der Waals surface area contributed by atoms with Crippen molar-refractivity contribution in [2.24, 2.45) is 23.8 Å². The third-order valence-corrected chi connectivity index (χ3v) is 7.17. The Labute approximate surface area is 248 Å². The van der Waals surface area contributed by atoms with Crippen LogP contribution in [0.2, 0.25) is 0 Å². The van der Waals surface area contributed by atoms with Gasteiger partial charge < -0.3 is 18.8 Å². The molecular weight excluding hydrogens is 543 g/mol. The van der Waals surface area contributed by atoms with Crippen molar-refractivity contribution in [1.29, 1.82) is 0 Å². The van der Waals surface area contributed by atoms with Crippen molar-refractivity contribution in [3.63, 3.8) is 0 Å². The average molecular weight is 590 g/mol. The summed E-state index contributed by atoms with van der Waals surface area (Å²) in [6.45, 7) is 20.3. The highest BCUT2D eigenvalue weighted by atomic mass is 19.4. The van der Waals surface area contributed by atoms with Crippen LogP contribution in [0.3, 0.4) is 0 Å². The van der Waals surface area contributed by atoms with E-state index in [1.54, 1.807) is 19.2 Å². The number of hydrogen-bond donors (Lipinski definition) is 0. The summed E-state index contributed by atoms with van der Waals surface area (Å²) in [6.07, 6.45) is -3.64. The zero-order valence-corrected chi connectivity index (χ0v) is 26.8. The van der Waals surface area contributed by atoms with Gasteiger partial charge in [0.2, 0.25) is 0 Å². The van der Waals surface area contributed by atoms with Gasteiger partial charge in [0.15, 0.2) is 0 Å². The van der Waals surface area contributed by atoms with Crippen LogP contribution in [0.5, 0.6) is 11.5 Å². The number of rotatable bonds is 9. The molecule has 0 amide bonds. The van der Waals surface area contributed by atoms with Crippen LogP contribution in [-0.4, -0.2) is 28.1 Å². The van der Waals surface area contributed by atoms with E-state index in [0.29, 0.717) is 23.4 Å². The van der Waals surface area contributed by atoms with Gasteiger partial charge in [-0.2, -0.15) is 0 Å². The number of nitrogens with zero attached hydrogens (tertiary/aromatic N) is 1. The van der Waals surface area contributed by atoms with Crippen molar-refractivity contribution in [2.75, 3.05) is 0 Å². The molecule has 5 nitrogen and oxygen atoms in total. The number of ether oxygens (including phenoxy) is 3. The minimum Gasteiger partial charge on any atom is -0.488 e. The lowest BCUT2D eigenvalue weighted by atomic mass is 9.72. The second-order valence-electron chi connectivity index (χ2n) is 14.8. The van der Waals surface area contributed by atoms with Gasteiger partial charge in [0.05, 0.1) is 17.1 Å². The predicted octanol–water partition coefficient (Wildman–Crippen LogP) is 9.71. The number of aryl methyl sites for hydroxylation is 1. The highest BCUT2D eigenvalue weighted by Gasteiger charge is 2.40. The number of hydrogen-bond acceptors (Lipinski definition) is 4. The Morgan fingerprint density at radius 1 is 0.833 bits per heavy atom. The van der Waals surface area contributed by atoms with Gasteiger partial charge in [0.1, 0.15) is 22.7 Å². The number of esters is 1. The molecule has 0 N–H and O–H groups in total. The standard InChI is InChI=1S/C34H46F3NO4/c1-30(2,3)20-25(31(4,5)6)29(39)42-33(9,10)21-32(7,8)40-23-17-16-22-18-27(38(11)26(22)19-23)24-14-12-13-15-28(24)41-34(35,36)37/h12-19,25H,20-21H2,1-11H3. The molecule has 0 bridgehead atoms. The molecule has 0 saturated heterocycles. The number of benzene rings is 2. The van der Waals surface area contributed by atoms with Crippen LogP contribution in [0.15, 0.2) is 48.5 Å². The maximum absolute atomic E-state index is 13.4. The first-order chi connectivity index (χ1) is 19.0. The van der Waals surface area contributed by atoms with E-state index in [1.807, 2.05) is 56.5 Å². The molecule has 3 rings (SSSR count). The molecule has 0 aliphatic rings. The molecule has 0 spiro atoms. The van der Waals surface area contributed by atoms with Crippen molar-refractivity contribution in [3.05, 3.63) is 48.5 Å². The Morgan fingerprint density at radius 2 is 1.45 bits per heavy atom. The van der Waals surface area contributed by atoms with Crippen LogP contribution in [0.1, 0.15) is 82.1 Å². The van der Waals surface area contributed by atoms with Crippen molar-refractivity contribution < 1.29 is 32.2 Å². The lowest BCUT2D eigenvalue weighted by Crippen LogP contribution is -2.43. The summed E-state index contributed by atoms with van der Waals surface area (Å²) >= 11 is 0. The third kappa shape index (κ3) is 8.92. The smallest absolute Gasteiger partial charge is 0.488 e. The number of para-hydroxylation sites is 1. The van der Waals surface area contributed by atoms with Crippen LogP contribution >= 0.6 is 0 Å². The number of carbonyl (C=O) groups is 1. The van der Waals surface area contributed by atoms with E-state index in [4.69, 9.17) is 9.47 Å². The fourth-order valence-electron chi connectivity index (χ4n) is 5.64. The lowest BCUT2D eigenvalue weighted by Gasteiger charge is -2.39. The van der Waals surface area contributed by atoms with E-state index in [2.05, 4.69) is 46.3 Å². The summed E-state index contributed by atoms with van der Waals surface area (Å²) in [6, 6.07) is 13.5. The zero-order valence-electron chi connectivity index (χ0n) is 26.8. The average Bonchev–Trinajstić information content (AvgIpc) is 3.09. The molecule has 0 radical (unpaired) electrons. The Kier molecular flexibility index (Phi) is 9.13. The van der Waals surface area contributed by atoms with Crippen LogP contribution < -0.4 is 9.47 Å². The maximum atomic E-state index is 13.4. The molecule has 1 unspecified atom stereocenters. The first kappa shape index (κ1) is 33.3. The molecule has 0 saturated carbocycles. The molecule has 1 atom stereocenters. The summed E-state index contributed by atoms with van der Waals surface area (Å²) in [7, 11) is 1.79. The highest BCUT2D eigenvalue weighted by molar-refractivity contribution is 5.89. The van der Waals surface area contributed by atoms with Gasteiger partial charge >= 0.3 is 12.3 Å². The van der Waals surface area contributed by atoms with E-state index < -0.39 is 17.6 Å². The fourth-order valence-corrected chi connectivity index (χ4v) is 5.64. The van der Waals surface area contributed by atoms with Gasteiger partial charge in [-0.15, -0.1) is 13.2 Å². The normalized spacial score (nSPS) is 14.1. The largest absolute Gasteiger partial charge is 0.573 e. The minimum atomic E-state index is -4.80. The molecule has 0 aliphatic heterocycles. The van der Waals surface area contributed by atoms with Gasteiger partial charge in [-0.25, -0.2) is 0 Å². The molecule has 1 heterocycles. The molecule has 0 aliphatic carbocycles. The Hall–Kier alpha value is -3.16. The van der Waals surface area contributed by atoms with Gasteiger partial charge in [-0.3, -0.25) is 4.79 Å². The van der Waals surface area contributed by atoms with Crippen LogP contribution in [0.4, 0.5) is 13.2 Å².